The lowest BCUT2D eigenvalue weighted by molar-refractivity contribution is -0.114. The van der Waals surface area contributed by atoms with Crippen molar-refractivity contribution in [1.82, 2.24) is 0 Å². The molecular weight excluding hydrogens is 352 g/mol. The van der Waals surface area contributed by atoms with E-state index in [1.54, 1.807) is 0 Å². The highest BCUT2D eigenvalue weighted by Crippen LogP contribution is 2.23. The Kier molecular flexibility index (Phi) is 5.73. The average molecular weight is 376 g/mol. The molecule has 5 nitrogen and oxygen atoms in total. The highest BCUT2D eigenvalue weighted by molar-refractivity contribution is 5.98. The van der Waals surface area contributed by atoms with Crippen LogP contribution in [0.5, 0.6) is 5.75 Å². The minimum absolute atomic E-state index is 0.107. The standard InChI is InChI=1S/C23H24N2O3/c26-23(15-24-22-12-3-7-17-6-1-2-11-21(17)22)25-18-8-4-9-19(14-18)28-16-20-10-5-13-27-20/h1-4,6-9,11-12,14,20,24H,5,10,13,15-16H2,(H,25,26). The van der Waals surface area contributed by atoms with Gasteiger partial charge in [0.25, 0.3) is 0 Å². The SMILES string of the molecule is O=C(CNc1cccc2ccccc12)Nc1cccc(OCC2CCCO2)c1. The lowest BCUT2D eigenvalue weighted by Gasteiger charge is -2.13. The van der Waals surface area contributed by atoms with Crippen molar-refractivity contribution in [3.05, 3.63) is 66.7 Å². The average Bonchev–Trinajstić information content (AvgIpc) is 3.25. The van der Waals surface area contributed by atoms with Crippen molar-refractivity contribution in [2.75, 3.05) is 30.4 Å². The molecule has 0 aromatic heterocycles. The Balaban J connectivity index is 1.32. The number of carbonyl (C=O) groups is 1. The van der Waals surface area contributed by atoms with Crippen LogP contribution in [0.1, 0.15) is 12.8 Å². The number of benzene rings is 3. The van der Waals surface area contributed by atoms with Gasteiger partial charge in [-0.2, -0.15) is 0 Å². The Morgan fingerprint density at radius 2 is 1.93 bits per heavy atom. The molecule has 0 radical (unpaired) electrons. The topological polar surface area (TPSA) is 59.6 Å². The predicted molar refractivity (Wildman–Crippen MR) is 112 cm³/mol. The molecule has 144 valence electrons. The number of amides is 1. The summed E-state index contributed by atoms with van der Waals surface area (Å²) in [7, 11) is 0. The molecule has 0 bridgehead atoms. The van der Waals surface area contributed by atoms with Crippen LogP contribution in [0.4, 0.5) is 11.4 Å². The van der Waals surface area contributed by atoms with Gasteiger partial charge in [-0.1, -0.05) is 42.5 Å². The van der Waals surface area contributed by atoms with Crippen LogP contribution in [0, 0.1) is 0 Å². The number of nitrogens with one attached hydrogen (secondary N) is 2. The largest absolute Gasteiger partial charge is 0.491 e. The number of hydrogen-bond acceptors (Lipinski definition) is 4. The molecule has 2 N–H and O–H groups in total. The maximum atomic E-state index is 12.4. The first-order valence-electron chi connectivity index (χ1n) is 9.64. The van der Waals surface area contributed by atoms with Crippen LogP contribution in [0.25, 0.3) is 10.8 Å². The molecule has 1 aliphatic heterocycles. The summed E-state index contributed by atoms with van der Waals surface area (Å²) in [5.41, 5.74) is 1.66. The number of ether oxygens (including phenoxy) is 2. The lowest BCUT2D eigenvalue weighted by Crippen LogP contribution is -2.22. The summed E-state index contributed by atoms with van der Waals surface area (Å²) in [6, 6.07) is 21.6. The van der Waals surface area contributed by atoms with E-state index in [1.807, 2.05) is 54.6 Å². The third-order valence-electron chi connectivity index (χ3n) is 4.81. The van der Waals surface area contributed by atoms with Crippen molar-refractivity contribution in [2.45, 2.75) is 18.9 Å². The molecule has 3 aromatic rings. The first kappa shape index (κ1) is 18.3. The normalized spacial score (nSPS) is 16.1. The minimum atomic E-state index is -0.107. The van der Waals surface area contributed by atoms with Crippen LogP contribution < -0.4 is 15.4 Å². The van der Waals surface area contributed by atoms with Crippen molar-refractivity contribution >= 4 is 28.1 Å². The smallest absolute Gasteiger partial charge is 0.243 e. The summed E-state index contributed by atoms with van der Waals surface area (Å²) >= 11 is 0. The molecule has 0 aliphatic carbocycles. The molecular formula is C23H24N2O3. The first-order valence-corrected chi connectivity index (χ1v) is 9.64. The molecule has 1 saturated heterocycles. The number of anilines is 2. The molecule has 1 heterocycles. The first-order chi connectivity index (χ1) is 13.8. The summed E-state index contributed by atoms with van der Waals surface area (Å²) in [6.07, 6.45) is 2.30. The molecule has 1 aliphatic rings. The fraction of sp³-hybridized carbons (Fsp3) is 0.261. The Hall–Kier alpha value is -3.05. The maximum absolute atomic E-state index is 12.4. The Morgan fingerprint density at radius 3 is 2.82 bits per heavy atom. The van der Waals surface area contributed by atoms with Gasteiger partial charge in [0.05, 0.1) is 12.6 Å². The van der Waals surface area contributed by atoms with E-state index < -0.39 is 0 Å². The molecule has 28 heavy (non-hydrogen) atoms. The molecule has 1 unspecified atom stereocenters. The van der Waals surface area contributed by atoms with Crippen molar-refractivity contribution in [1.29, 1.82) is 0 Å². The monoisotopic (exact) mass is 376 g/mol. The third-order valence-corrected chi connectivity index (χ3v) is 4.81. The van der Waals surface area contributed by atoms with E-state index in [-0.39, 0.29) is 18.6 Å². The molecule has 5 heteroatoms. The predicted octanol–water partition coefficient (Wildman–Crippen LogP) is 4.45. The van der Waals surface area contributed by atoms with Crippen LogP contribution in [0.2, 0.25) is 0 Å². The van der Waals surface area contributed by atoms with Crippen LogP contribution in [0.15, 0.2) is 66.7 Å². The summed E-state index contributed by atoms with van der Waals surface area (Å²) in [6.45, 7) is 1.54. The summed E-state index contributed by atoms with van der Waals surface area (Å²) < 4.78 is 11.4. The number of carbonyl (C=O) groups excluding carboxylic acids is 1. The number of hydrogen-bond donors (Lipinski definition) is 2. The van der Waals surface area contributed by atoms with Crippen molar-refractivity contribution in [3.63, 3.8) is 0 Å². The van der Waals surface area contributed by atoms with Gasteiger partial charge in [0, 0.05) is 29.4 Å². The summed E-state index contributed by atoms with van der Waals surface area (Å²) in [5, 5.41) is 8.38. The van der Waals surface area contributed by atoms with Crippen LogP contribution in [-0.4, -0.2) is 31.8 Å². The fourth-order valence-corrected chi connectivity index (χ4v) is 3.39. The Labute approximate surface area is 164 Å². The highest BCUT2D eigenvalue weighted by atomic mass is 16.5. The molecule has 0 spiro atoms. The molecule has 3 aromatic carbocycles. The van der Waals surface area contributed by atoms with Crippen LogP contribution in [0.3, 0.4) is 0 Å². The second-order valence-corrected chi connectivity index (χ2v) is 6.90. The van der Waals surface area contributed by atoms with Gasteiger partial charge in [-0.05, 0) is 36.4 Å². The Morgan fingerprint density at radius 1 is 1.07 bits per heavy atom. The third kappa shape index (κ3) is 4.61. The Bertz CT molecular complexity index is 946. The zero-order valence-corrected chi connectivity index (χ0v) is 15.7. The molecule has 0 saturated carbocycles. The number of fused-ring (bicyclic) bond motifs is 1. The zero-order chi connectivity index (χ0) is 19.2. The van der Waals surface area contributed by atoms with E-state index in [9.17, 15) is 4.79 Å². The number of rotatable bonds is 7. The summed E-state index contributed by atoms with van der Waals surface area (Å²) in [4.78, 5) is 12.4. The van der Waals surface area contributed by atoms with E-state index in [1.165, 1.54) is 0 Å². The molecule has 1 atom stereocenters. The van der Waals surface area contributed by atoms with E-state index in [0.717, 1.165) is 47.3 Å². The van der Waals surface area contributed by atoms with E-state index in [4.69, 9.17) is 9.47 Å². The van der Waals surface area contributed by atoms with Crippen LogP contribution in [-0.2, 0) is 9.53 Å². The molecule has 4 rings (SSSR count). The van der Waals surface area contributed by atoms with Gasteiger partial charge >= 0.3 is 0 Å². The van der Waals surface area contributed by atoms with Gasteiger partial charge in [-0.25, -0.2) is 0 Å². The second-order valence-electron chi connectivity index (χ2n) is 6.90. The maximum Gasteiger partial charge on any atom is 0.243 e. The second kappa shape index (κ2) is 8.76. The van der Waals surface area contributed by atoms with E-state index >= 15 is 0 Å². The van der Waals surface area contributed by atoms with Crippen molar-refractivity contribution < 1.29 is 14.3 Å². The van der Waals surface area contributed by atoms with Gasteiger partial charge in [0.1, 0.15) is 12.4 Å². The van der Waals surface area contributed by atoms with Gasteiger partial charge in [-0.15, -0.1) is 0 Å². The van der Waals surface area contributed by atoms with Crippen LogP contribution >= 0.6 is 0 Å². The summed E-state index contributed by atoms with van der Waals surface area (Å²) in [5.74, 6) is 0.625. The van der Waals surface area contributed by atoms with Crippen molar-refractivity contribution in [3.8, 4) is 5.75 Å². The van der Waals surface area contributed by atoms with Crippen molar-refractivity contribution in [2.24, 2.45) is 0 Å². The van der Waals surface area contributed by atoms with E-state index in [0.29, 0.717) is 6.61 Å². The molecule has 1 fully saturated rings. The lowest BCUT2D eigenvalue weighted by atomic mass is 10.1. The molecule has 1 amide bonds. The fourth-order valence-electron chi connectivity index (χ4n) is 3.39. The highest BCUT2D eigenvalue weighted by Gasteiger charge is 2.16. The zero-order valence-electron chi connectivity index (χ0n) is 15.7. The van der Waals surface area contributed by atoms with Gasteiger partial charge in [-0.3, -0.25) is 4.79 Å². The minimum Gasteiger partial charge on any atom is -0.491 e. The van der Waals surface area contributed by atoms with E-state index in [2.05, 4.69) is 22.8 Å². The van der Waals surface area contributed by atoms with Gasteiger partial charge in [0.15, 0.2) is 0 Å². The quantitative estimate of drug-likeness (QED) is 0.640. The van der Waals surface area contributed by atoms with Gasteiger partial charge < -0.3 is 20.1 Å². The van der Waals surface area contributed by atoms with Gasteiger partial charge in [0.2, 0.25) is 5.91 Å².